The van der Waals surface area contributed by atoms with Crippen molar-refractivity contribution in [3.8, 4) is 11.5 Å². The molecule has 0 unspecified atom stereocenters. The van der Waals surface area contributed by atoms with Gasteiger partial charge >= 0.3 is 0 Å². The summed E-state index contributed by atoms with van der Waals surface area (Å²) < 4.78 is 7.27. The SMILES string of the molecule is CCCCNC(=O)c1cnn2c(-c3ccc(C)o3)ccnc12. The molecule has 0 saturated carbocycles. The molecule has 0 aromatic carbocycles. The molecule has 1 N–H and O–H groups in total. The van der Waals surface area contributed by atoms with E-state index < -0.39 is 0 Å². The molecule has 3 rings (SSSR count). The lowest BCUT2D eigenvalue weighted by molar-refractivity contribution is 0.0954. The smallest absolute Gasteiger partial charge is 0.256 e. The Hall–Kier alpha value is -2.63. The second-order valence-electron chi connectivity index (χ2n) is 5.14. The van der Waals surface area contributed by atoms with E-state index in [1.54, 1.807) is 16.9 Å². The summed E-state index contributed by atoms with van der Waals surface area (Å²) in [5.74, 6) is 1.37. The molecule has 114 valence electrons. The highest BCUT2D eigenvalue weighted by Crippen LogP contribution is 2.22. The van der Waals surface area contributed by atoms with Crippen molar-refractivity contribution in [3.05, 3.63) is 41.9 Å². The summed E-state index contributed by atoms with van der Waals surface area (Å²) in [6.07, 6.45) is 5.19. The number of furan rings is 1. The second-order valence-corrected chi connectivity index (χ2v) is 5.14. The van der Waals surface area contributed by atoms with E-state index in [-0.39, 0.29) is 5.91 Å². The zero-order valence-corrected chi connectivity index (χ0v) is 12.7. The third-order valence-corrected chi connectivity index (χ3v) is 3.45. The molecular formula is C16H18N4O2. The summed E-state index contributed by atoms with van der Waals surface area (Å²) in [5, 5.41) is 7.17. The predicted octanol–water partition coefficient (Wildman–Crippen LogP) is 2.83. The molecule has 22 heavy (non-hydrogen) atoms. The van der Waals surface area contributed by atoms with Crippen molar-refractivity contribution in [1.82, 2.24) is 19.9 Å². The number of hydrogen-bond donors (Lipinski definition) is 1. The largest absolute Gasteiger partial charge is 0.460 e. The minimum atomic E-state index is -0.149. The Morgan fingerprint density at radius 1 is 1.36 bits per heavy atom. The molecular weight excluding hydrogens is 280 g/mol. The molecule has 0 aliphatic rings. The van der Waals surface area contributed by atoms with Gasteiger partial charge in [-0.05, 0) is 31.5 Å². The van der Waals surface area contributed by atoms with Crippen LogP contribution in [-0.4, -0.2) is 27.0 Å². The molecule has 0 aliphatic carbocycles. The van der Waals surface area contributed by atoms with Crippen LogP contribution in [0.15, 0.2) is 35.0 Å². The number of fused-ring (bicyclic) bond motifs is 1. The van der Waals surface area contributed by atoms with Crippen LogP contribution in [0.25, 0.3) is 17.1 Å². The Bertz CT molecular complexity index is 803. The maximum Gasteiger partial charge on any atom is 0.256 e. The molecule has 1 amide bonds. The lowest BCUT2D eigenvalue weighted by atomic mass is 10.2. The average molecular weight is 298 g/mol. The van der Waals surface area contributed by atoms with E-state index in [2.05, 4.69) is 22.3 Å². The molecule has 0 bridgehead atoms. The molecule has 0 spiro atoms. The Morgan fingerprint density at radius 3 is 2.95 bits per heavy atom. The van der Waals surface area contributed by atoms with Crippen LogP contribution in [0.4, 0.5) is 0 Å². The molecule has 3 aromatic rings. The Balaban J connectivity index is 1.97. The van der Waals surface area contributed by atoms with Crippen molar-refractivity contribution < 1.29 is 9.21 Å². The number of carbonyl (C=O) groups excluding carboxylic acids is 1. The van der Waals surface area contributed by atoms with Crippen LogP contribution >= 0.6 is 0 Å². The molecule has 0 fully saturated rings. The van der Waals surface area contributed by atoms with Gasteiger partial charge in [0.05, 0.1) is 6.20 Å². The van der Waals surface area contributed by atoms with Crippen molar-refractivity contribution >= 4 is 11.6 Å². The van der Waals surface area contributed by atoms with Crippen LogP contribution in [0, 0.1) is 6.92 Å². The number of unbranched alkanes of at least 4 members (excludes halogenated alkanes) is 1. The minimum absolute atomic E-state index is 0.149. The van der Waals surface area contributed by atoms with E-state index in [0.717, 1.165) is 24.3 Å². The zero-order valence-electron chi connectivity index (χ0n) is 12.7. The standard InChI is InChI=1S/C16H18N4O2/c1-3-4-8-18-16(21)12-10-19-20-13(7-9-17-15(12)20)14-6-5-11(2)22-14/h5-7,9-10H,3-4,8H2,1-2H3,(H,18,21). The summed E-state index contributed by atoms with van der Waals surface area (Å²) in [6.45, 7) is 4.63. The normalized spacial score (nSPS) is 11.0. The van der Waals surface area contributed by atoms with Gasteiger partial charge in [0.2, 0.25) is 0 Å². The van der Waals surface area contributed by atoms with Gasteiger partial charge in [-0.3, -0.25) is 4.79 Å². The van der Waals surface area contributed by atoms with Gasteiger partial charge in [0.15, 0.2) is 11.4 Å². The number of amides is 1. The summed E-state index contributed by atoms with van der Waals surface area (Å²) in [7, 11) is 0. The first-order valence-corrected chi connectivity index (χ1v) is 7.38. The number of aromatic nitrogens is 3. The zero-order chi connectivity index (χ0) is 15.5. The van der Waals surface area contributed by atoms with Crippen LogP contribution in [0.1, 0.15) is 35.9 Å². The van der Waals surface area contributed by atoms with Crippen molar-refractivity contribution in [2.45, 2.75) is 26.7 Å². The number of hydrogen-bond acceptors (Lipinski definition) is 4. The molecule has 0 atom stereocenters. The van der Waals surface area contributed by atoms with Crippen molar-refractivity contribution in [3.63, 3.8) is 0 Å². The van der Waals surface area contributed by atoms with Gasteiger partial charge in [0.1, 0.15) is 17.0 Å². The van der Waals surface area contributed by atoms with E-state index in [4.69, 9.17) is 4.42 Å². The minimum Gasteiger partial charge on any atom is -0.460 e. The molecule has 3 aromatic heterocycles. The molecule has 0 radical (unpaired) electrons. The fourth-order valence-corrected chi connectivity index (χ4v) is 2.28. The van der Waals surface area contributed by atoms with Gasteiger partial charge in [0.25, 0.3) is 5.91 Å². The van der Waals surface area contributed by atoms with Crippen LogP contribution < -0.4 is 5.32 Å². The number of nitrogens with zero attached hydrogens (tertiary/aromatic N) is 3. The number of aryl methyl sites for hydroxylation is 1. The quantitative estimate of drug-likeness (QED) is 0.735. The third-order valence-electron chi connectivity index (χ3n) is 3.45. The fraction of sp³-hybridized carbons (Fsp3) is 0.312. The van der Waals surface area contributed by atoms with Crippen molar-refractivity contribution in [2.75, 3.05) is 6.54 Å². The maximum absolute atomic E-state index is 12.2. The molecule has 0 saturated heterocycles. The highest BCUT2D eigenvalue weighted by atomic mass is 16.3. The second kappa shape index (κ2) is 6.01. The Kier molecular flexibility index (Phi) is 3.91. The monoisotopic (exact) mass is 298 g/mol. The maximum atomic E-state index is 12.2. The van der Waals surface area contributed by atoms with E-state index >= 15 is 0 Å². The molecule has 3 heterocycles. The lowest BCUT2D eigenvalue weighted by Gasteiger charge is -2.03. The third kappa shape index (κ3) is 2.59. The summed E-state index contributed by atoms with van der Waals surface area (Å²) in [5.41, 5.74) is 1.77. The van der Waals surface area contributed by atoms with Crippen LogP contribution in [0.2, 0.25) is 0 Å². The van der Waals surface area contributed by atoms with Gasteiger partial charge in [0, 0.05) is 12.7 Å². The van der Waals surface area contributed by atoms with Gasteiger partial charge in [-0.1, -0.05) is 13.3 Å². The van der Waals surface area contributed by atoms with Crippen LogP contribution in [0.5, 0.6) is 0 Å². The number of rotatable bonds is 5. The van der Waals surface area contributed by atoms with Crippen LogP contribution in [0.3, 0.4) is 0 Å². The summed E-state index contributed by atoms with van der Waals surface area (Å²) >= 11 is 0. The van der Waals surface area contributed by atoms with E-state index in [1.807, 2.05) is 25.1 Å². The Morgan fingerprint density at radius 2 is 2.23 bits per heavy atom. The lowest BCUT2D eigenvalue weighted by Crippen LogP contribution is -2.24. The topological polar surface area (TPSA) is 72.4 Å². The predicted molar refractivity (Wildman–Crippen MR) is 82.7 cm³/mol. The van der Waals surface area contributed by atoms with Crippen LogP contribution in [-0.2, 0) is 0 Å². The fourth-order valence-electron chi connectivity index (χ4n) is 2.28. The first-order valence-electron chi connectivity index (χ1n) is 7.38. The van der Waals surface area contributed by atoms with Gasteiger partial charge < -0.3 is 9.73 Å². The van der Waals surface area contributed by atoms with Crippen molar-refractivity contribution in [2.24, 2.45) is 0 Å². The summed E-state index contributed by atoms with van der Waals surface area (Å²) in [6, 6.07) is 5.59. The highest BCUT2D eigenvalue weighted by molar-refractivity contribution is 5.99. The van der Waals surface area contributed by atoms with Gasteiger partial charge in [-0.2, -0.15) is 5.10 Å². The highest BCUT2D eigenvalue weighted by Gasteiger charge is 2.16. The van der Waals surface area contributed by atoms with E-state index in [1.165, 1.54) is 0 Å². The van der Waals surface area contributed by atoms with E-state index in [9.17, 15) is 4.79 Å². The number of nitrogens with one attached hydrogen (secondary N) is 1. The van der Waals surface area contributed by atoms with Crippen molar-refractivity contribution in [1.29, 1.82) is 0 Å². The molecule has 6 heteroatoms. The summed E-state index contributed by atoms with van der Waals surface area (Å²) in [4.78, 5) is 16.5. The first kappa shape index (κ1) is 14.3. The first-order chi connectivity index (χ1) is 10.7. The van der Waals surface area contributed by atoms with Gasteiger partial charge in [-0.15, -0.1) is 0 Å². The Labute approximate surface area is 128 Å². The molecule has 0 aliphatic heterocycles. The van der Waals surface area contributed by atoms with Gasteiger partial charge in [-0.25, -0.2) is 9.50 Å². The van der Waals surface area contributed by atoms with E-state index in [0.29, 0.717) is 23.5 Å². The molecule has 6 nitrogen and oxygen atoms in total. The number of carbonyl (C=O) groups is 1. The average Bonchev–Trinajstić information content (AvgIpc) is 3.13.